The van der Waals surface area contributed by atoms with E-state index in [-0.39, 0.29) is 29.9 Å². The van der Waals surface area contributed by atoms with Gasteiger partial charge in [0.15, 0.2) is 17.3 Å². The average molecular weight is 464 g/mol. The number of carbonyl (C=O) groups excluding carboxylic acids is 2. The number of rotatable bonds is 5. The summed E-state index contributed by atoms with van der Waals surface area (Å²) < 4.78 is 27.8. The van der Waals surface area contributed by atoms with E-state index in [0.717, 1.165) is 5.56 Å². The number of carbonyl (C=O) groups is 2. The Morgan fingerprint density at radius 3 is 2.42 bits per heavy atom. The van der Waals surface area contributed by atoms with Crippen LogP contribution in [0.2, 0.25) is 0 Å². The molecule has 3 aromatic rings. The average Bonchev–Trinajstić information content (AvgIpc) is 3.47. The minimum Gasteiger partial charge on any atom is -0.496 e. The van der Waals surface area contributed by atoms with Crippen molar-refractivity contribution in [3.63, 3.8) is 0 Å². The van der Waals surface area contributed by atoms with Crippen molar-refractivity contribution in [3.8, 4) is 28.7 Å². The molecule has 168 valence electrons. The van der Waals surface area contributed by atoms with Gasteiger partial charge in [0.2, 0.25) is 5.78 Å². The number of thiophene rings is 1. The molecule has 2 aromatic carbocycles. The molecule has 1 atom stereocenters. The lowest BCUT2D eigenvalue weighted by Gasteiger charge is -2.25. The van der Waals surface area contributed by atoms with Crippen LogP contribution in [0.25, 0.3) is 6.08 Å². The molecule has 1 unspecified atom stereocenters. The van der Waals surface area contributed by atoms with Crippen molar-refractivity contribution in [1.82, 2.24) is 0 Å². The first-order valence-electron chi connectivity index (χ1n) is 10.2. The van der Waals surface area contributed by atoms with Crippen LogP contribution >= 0.6 is 11.3 Å². The number of methoxy groups -OCH3 is 3. The maximum atomic E-state index is 13.2. The van der Waals surface area contributed by atoms with Gasteiger partial charge in [0, 0.05) is 23.1 Å². The second-order valence-electron chi connectivity index (χ2n) is 7.53. The maximum absolute atomic E-state index is 13.2. The van der Waals surface area contributed by atoms with E-state index in [1.807, 2.05) is 16.8 Å². The molecule has 0 amide bonds. The first-order valence-corrected chi connectivity index (χ1v) is 11.1. The van der Waals surface area contributed by atoms with Crippen LogP contribution in [0.5, 0.6) is 28.7 Å². The third kappa shape index (κ3) is 3.52. The zero-order chi connectivity index (χ0) is 23.1. The van der Waals surface area contributed by atoms with Crippen molar-refractivity contribution >= 4 is 29.2 Å². The van der Waals surface area contributed by atoms with E-state index in [9.17, 15) is 9.59 Å². The molecule has 8 heteroatoms. The van der Waals surface area contributed by atoms with Crippen LogP contribution in [0.4, 0.5) is 0 Å². The summed E-state index contributed by atoms with van der Waals surface area (Å²) in [6.07, 6.45) is 1.80. The predicted molar refractivity (Wildman–Crippen MR) is 122 cm³/mol. The van der Waals surface area contributed by atoms with Crippen LogP contribution in [0.15, 0.2) is 46.9 Å². The summed E-state index contributed by atoms with van der Waals surface area (Å²) in [4.78, 5) is 25.4. The zero-order valence-electron chi connectivity index (χ0n) is 18.2. The SMILES string of the molecule is COc1cc(OC)c(OC)cc1/C=C1\Oc2c(ccc3c2C(c2ccsc2)CC(=O)O3)C1=O. The number of hydrogen-bond acceptors (Lipinski definition) is 8. The van der Waals surface area contributed by atoms with Gasteiger partial charge in [-0.2, -0.15) is 11.3 Å². The Hall–Kier alpha value is -3.78. The van der Waals surface area contributed by atoms with Gasteiger partial charge in [-0.05, 0) is 46.7 Å². The highest BCUT2D eigenvalue weighted by Crippen LogP contribution is 2.49. The number of allylic oxidation sites excluding steroid dienone is 1. The predicted octanol–water partition coefficient (Wildman–Crippen LogP) is 4.83. The highest BCUT2D eigenvalue weighted by Gasteiger charge is 2.38. The molecule has 2 aliphatic rings. The molecule has 0 bridgehead atoms. The van der Waals surface area contributed by atoms with Crippen molar-refractivity contribution in [2.24, 2.45) is 0 Å². The third-order valence-electron chi connectivity index (χ3n) is 5.75. The highest BCUT2D eigenvalue weighted by molar-refractivity contribution is 7.08. The summed E-state index contributed by atoms with van der Waals surface area (Å²) in [5, 5.41) is 3.95. The largest absolute Gasteiger partial charge is 0.496 e. The molecule has 33 heavy (non-hydrogen) atoms. The first kappa shape index (κ1) is 21.1. The molecular formula is C25H20O7S. The second-order valence-corrected chi connectivity index (χ2v) is 8.31. The molecule has 0 aliphatic carbocycles. The number of Topliss-reactive ketones (excluding diaryl/α,β-unsaturated/α-hetero) is 1. The Bertz CT molecular complexity index is 1290. The summed E-state index contributed by atoms with van der Waals surface area (Å²) in [6.45, 7) is 0. The van der Waals surface area contributed by atoms with Gasteiger partial charge < -0.3 is 23.7 Å². The summed E-state index contributed by atoms with van der Waals surface area (Å²) in [6, 6.07) is 8.67. The fourth-order valence-corrected chi connectivity index (χ4v) is 4.89. The zero-order valence-corrected chi connectivity index (χ0v) is 19.0. The highest BCUT2D eigenvalue weighted by atomic mass is 32.1. The van der Waals surface area contributed by atoms with E-state index in [1.54, 1.807) is 41.7 Å². The lowest BCUT2D eigenvalue weighted by molar-refractivity contribution is -0.135. The van der Waals surface area contributed by atoms with Crippen LogP contribution in [-0.4, -0.2) is 33.1 Å². The van der Waals surface area contributed by atoms with Crippen LogP contribution in [0.3, 0.4) is 0 Å². The minimum absolute atomic E-state index is 0.143. The Balaban J connectivity index is 1.60. The standard InChI is InChI=1S/C25H20O7S/c1-28-18-11-20(30-3)19(29-2)8-14(18)9-21-24(27)15-4-5-17-23(25(15)32-21)16(10-22(26)31-17)13-6-7-33-12-13/h4-9,11-12,16H,10H2,1-3H3/b21-9-. The molecule has 0 radical (unpaired) electrons. The Morgan fingerprint density at radius 1 is 0.970 bits per heavy atom. The van der Waals surface area contributed by atoms with Gasteiger partial charge in [0.05, 0.1) is 33.3 Å². The van der Waals surface area contributed by atoms with Crippen molar-refractivity contribution < 1.29 is 33.3 Å². The minimum atomic E-state index is -0.311. The maximum Gasteiger partial charge on any atom is 0.312 e. The fraction of sp³-hybridized carbons (Fsp3) is 0.200. The first-order chi connectivity index (χ1) is 16.0. The van der Waals surface area contributed by atoms with Crippen LogP contribution < -0.4 is 23.7 Å². The van der Waals surface area contributed by atoms with E-state index >= 15 is 0 Å². The normalized spacial score (nSPS) is 17.8. The van der Waals surface area contributed by atoms with Gasteiger partial charge in [-0.3, -0.25) is 9.59 Å². The molecule has 0 spiro atoms. The number of benzene rings is 2. The smallest absolute Gasteiger partial charge is 0.312 e. The molecule has 0 saturated carbocycles. The van der Waals surface area contributed by atoms with Gasteiger partial charge in [0.1, 0.15) is 17.2 Å². The van der Waals surface area contributed by atoms with E-state index in [2.05, 4.69) is 0 Å². The number of ether oxygens (including phenoxy) is 5. The summed E-state index contributed by atoms with van der Waals surface area (Å²) in [7, 11) is 4.60. The number of fused-ring (bicyclic) bond motifs is 3. The van der Waals surface area contributed by atoms with Crippen molar-refractivity contribution in [2.75, 3.05) is 21.3 Å². The van der Waals surface area contributed by atoms with E-state index in [0.29, 0.717) is 45.4 Å². The molecule has 2 aliphatic heterocycles. The molecule has 7 nitrogen and oxygen atoms in total. The van der Waals surface area contributed by atoms with Crippen molar-refractivity contribution in [1.29, 1.82) is 0 Å². The Kier molecular flexibility index (Phi) is 5.30. The van der Waals surface area contributed by atoms with E-state index in [4.69, 9.17) is 23.7 Å². The van der Waals surface area contributed by atoms with Gasteiger partial charge in [-0.25, -0.2) is 0 Å². The lowest BCUT2D eigenvalue weighted by atomic mass is 9.86. The molecule has 1 aromatic heterocycles. The molecule has 0 fully saturated rings. The van der Waals surface area contributed by atoms with Crippen LogP contribution in [0.1, 0.15) is 39.4 Å². The van der Waals surface area contributed by atoms with Crippen LogP contribution in [0, 0.1) is 0 Å². The Morgan fingerprint density at radius 2 is 1.73 bits per heavy atom. The van der Waals surface area contributed by atoms with Gasteiger partial charge in [-0.15, -0.1) is 0 Å². The molecule has 0 N–H and O–H groups in total. The Labute approximate surface area is 194 Å². The molecule has 0 saturated heterocycles. The number of ketones is 1. The molecule has 3 heterocycles. The van der Waals surface area contributed by atoms with E-state index < -0.39 is 0 Å². The summed E-state index contributed by atoms with van der Waals surface area (Å²) in [5.74, 6) is 1.67. The summed E-state index contributed by atoms with van der Waals surface area (Å²) >= 11 is 1.55. The molecular weight excluding hydrogens is 444 g/mol. The topological polar surface area (TPSA) is 80.3 Å². The quantitative estimate of drug-likeness (QED) is 0.304. The monoisotopic (exact) mass is 464 g/mol. The van der Waals surface area contributed by atoms with E-state index in [1.165, 1.54) is 21.3 Å². The van der Waals surface area contributed by atoms with Crippen molar-refractivity contribution in [2.45, 2.75) is 12.3 Å². The van der Waals surface area contributed by atoms with Crippen molar-refractivity contribution in [3.05, 3.63) is 69.1 Å². The summed E-state index contributed by atoms with van der Waals surface area (Å²) in [5.41, 5.74) is 2.72. The van der Waals surface area contributed by atoms with Gasteiger partial charge in [-0.1, -0.05) is 0 Å². The van der Waals surface area contributed by atoms with Gasteiger partial charge in [0.25, 0.3) is 0 Å². The molecule has 5 rings (SSSR count). The van der Waals surface area contributed by atoms with Gasteiger partial charge >= 0.3 is 5.97 Å². The fourth-order valence-electron chi connectivity index (χ4n) is 4.17. The second kappa shape index (κ2) is 8.29. The third-order valence-corrected chi connectivity index (χ3v) is 6.45. The number of hydrogen-bond donors (Lipinski definition) is 0. The lowest BCUT2D eigenvalue weighted by Crippen LogP contribution is -2.21. The number of esters is 1. The van der Waals surface area contributed by atoms with Crippen LogP contribution in [-0.2, 0) is 4.79 Å².